The Labute approximate surface area is 810 Å². The molecule has 26 heteroatoms. The van der Waals surface area contributed by atoms with Gasteiger partial charge in [0.25, 0.3) is 0 Å². The van der Waals surface area contributed by atoms with E-state index in [-0.39, 0.29) is 55.1 Å². The Morgan fingerprint density at radius 2 is 0.848 bits per heavy atom. The summed E-state index contributed by atoms with van der Waals surface area (Å²) >= 11 is 0. The summed E-state index contributed by atoms with van der Waals surface area (Å²) in [5.74, 6) is 2.09. The molecule has 10 aliphatic rings. The molecule has 6 atom stereocenters. The number of nitrogens with zero attached hydrogens (tertiary/aromatic N) is 19. The number of piperidine rings is 1. The standard InChI is InChI=1S/C38H43FN6O2.C37H41N7O2.C37H40N6O2/c1-4-34(46)45-21-20-44(24-29(45)13-18-40)36-30-14-19-43(33-10-6-9-28-8-5-7-26(2)35(28)33)25-32(30)42-37(31(36)23-41)47-22-15-27-11-16-38(3,39)17-12-27;1-3-34(45)44-17-16-43(23-29(44)12-14-38)36-30-13-15-42(33-9-5-8-27-7-4-6-25(2)35(27)33)24-32(30)40-37(31(36)21-39)46-19-18-41-22-26-10-11-28(41)20-26;1-4-34(44)43-19-18-42(22-29(43)14-16-38)36-30-15-17-41(33-13-7-12-28-11-6-9-26(3)35(28)33)23-32(30)40-37(31(36)21-39)45-24-27-10-5-8-25(2)20-27/h4-10,27,29H,1,11-17,19-22,24-25H2,2-3H3;3-9,26,28-29H,1,10-13,15-20,22-24H2,2H3;4,6-7,9,11-13,27,29H,1-2,5,8,10,14-15,17-20,22-24H2,3H3/t27?,29-,38?;26?,28?,29-;27?,29-/m000/s1. The van der Waals surface area contributed by atoms with Gasteiger partial charge in [-0.05, 0) is 211 Å². The first-order chi connectivity index (χ1) is 67.1. The fourth-order valence-electron chi connectivity index (χ4n) is 23.5. The zero-order valence-corrected chi connectivity index (χ0v) is 80.2. The number of carbonyl (C=O) groups excluding carboxylic acids is 3. The summed E-state index contributed by atoms with van der Waals surface area (Å²) in [4.78, 5) is 74.5. The number of aromatic nitrogens is 3. The molecule has 10 heterocycles. The molecular formula is C112H124FN19O6. The van der Waals surface area contributed by atoms with Crippen molar-refractivity contribution in [1.82, 2.24) is 34.6 Å². The zero-order chi connectivity index (χ0) is 96.4. The summed E-state index contributed by atoms with van der Waals surface area (Å²) in [6.45, 7) is 35.0. The van der Waals surface area contributed by atoms with Crippen LogP contribution < -0.4 is 43.6 Å². The number of piperazine rings is 3. The van der Waals surface area contributed by atoms with Crippen molar-refractivity contribution in [3.63, 3.8) is 0 Å². The molecule has 3 saturated carbocycles. The van der Waals surface area contributed by atoms with Crippen LogP contribution in [0.5, 0.6) is 17.6 Å². The second kappa shape index (κ2) is 42.7. The van der Waals surface area contributed by atoms with Crippen molar-refractivity contribution < 1.29 is 33.0 Å². The van der Waals surface area contributed by atoms with Gasteiger partial charge in [0.05, 0.1) is 123 Å². The van der Waals surface area contributed by atoms with Crippen molar-refractivity contribution in [2.45, 2.75) is 193 Å². The van der Waals surface area contributed by atoms with Crippen LogP contribution >= 0.6 is 0 Å². The molecule has 4 saturated heterocycles. The van der Waals surface area contributed by atoms with E-state index in [1.165, 1.54) is 103 Å². The molecule has 3 amide bonds. The van der Waals surface area contributed by atoms with Crippen LogP contribution in [0.3, 0.4) is 0 Å². The minimum Gasteiger partial charge on any atom is -0.477 e. The van der Waals surface area contributed by atoms with Gasteiger partial charge >= 0.3 is 0 Å². The largest absolute Gasteiger partial charge is 0.477 e. The lowest BCUT2D eigenvalue weighted by molar-refractivity contribution is -0.129. The number of halogens is 1. The molecule has 0 N–H and O–H groups in total. The number of benzene rings is 6. The number of allylic oxidation sites excluding steroid dienone is 1. The highest BCUT2D eigenvalue weighted by Gasteiger charge is 2.43. The molecule has 2 bridgehead atoms. The summed E-state index contributed by atoms with van der Waals surface area (Å²) in [6.07, 6.45) is 18.3. The maximum absolute atomic E-state index is 14.4. The molecule has 6 aromatic carbocycles. The molecule has 7 fully saturated rings. The summed E-state index contributed by atoms with van der Waals surface area (Å²) in [6, 6.07) is 52.3. The van der Waals surface area contributed by atoms with Crippen molar-refractivity contribution >= 4 is 84.2 Å². The maximum Gasteiger partial charge on any atom is 0.246 e. The Kier molecular flexibility index (Phi) is 29.6. The van der Waals surface area contributed by atoms with Crippen molar-refractivity contribution in [1.29, 1.82) is 31.6 Å². The summed E-state index contributed by atoms with van der Waals surface area (Å²) in [5.41, 5.74) is 17.0. The first-order valence-corrected chi connectivity index (χ1v) is 49.3. The number of pyridine rings is 3. The number of likely N-dealkylation sites (tertiary alicyclic amines) is 1. The maximum atomic E-state index is 14.4. The number of fused-ring (bicyclic) bond motifs is 8. The number of aryl methyl sites for hydroxylation is 3. The Balaban J connectivity index is 0.000000143. The van der Waals surface area contributed by atoms with Crippen LogP contribution in [-0.2, 0) is 53.3 Å². The van der Waals surface area contributed by atoms with Crippen LogP contribution in [-0.4, -0.2) is 194 Å². The molecule has 9 aromatic rings. The number of carbonyl (C=O) groups is 3. The number of hydrogen-bond donors (Lipinski definition) is 0. The van der Waals surface area contributed by atoms with Crippen molar-refractivity contribution in [2.75, 3.05) is 141 Å². The summed E-state index contributed by atoms with van der Waals surface area (Å²) < 4.78 is 33.6. The van der Waals surface area contributed by atoms with E-state index < -0.39 is 5.67 Å². The van der Waals surface area contributed by atoms with E-state index in [4.69, 9.17) is 29.2 Å². The van der Waals surface area contributed by atoms with Crippen molar-refractivity contribution in [3.8, 4) is 54.1 Å². The van der Waals surface area contributed by atoms with Crippen LogP contribution in [0.15, 0.2) is 159 Å². The number of anilines is 6. The van der Waals surface area contributed by atoms with E-state index in [1.807, 2.05) is 0 Å². The molecule has 0 radical (unpaired) electrons. The smallest absolute Gasteiger partial charge is 0.246 e. The number of rotatable bonds is 23. The van der Waals surface area contributed by atoms with Gasteiger partial charge in [-0.2, -0.15) is 31.6 Å². The monoisotopic (exact) mass is 1850 g/mol. The molecule has 3 aliphatic carbocycles. The normalized spacial score (nSPS) is 21.7. The number of hydrogen-bond acceptors (Lipinski definition) is 22. The zero-order valence-electron chi connectivity index (χ0n) is 80.2. The third-order valence-electron chi connectivity index (χ3n) is 30.5. The molecule has 7 aliphatic heterocycles. The van der Waals surface area contributed by atoms with Crippen LogP contribution in [0.1, 0.15) is 170 Å². The SMILES string of the molecule is C=CC(=O)N1CCN(c2c(C#N)c(OCC3CCCC(=C)C3)nc3c2CCN(c2cccc4cccc(C)c24)C3)C[C@@H]1CC#N.C=CC(=O)N1CCN(c2c(C#N)c(OCCC3CCC(C)(F)CC3)nc3c2CCN(c2cccc4cccc(C)c24)C3)C[C@@H]1CC#N.C=CC(=O)N1CCN(c2c(C#N)c(OCCN3CC4CCC3C4)nc3c2CCN(c2cccc4cccc(C)c24)C3)C[C@@H]1CC#N. The summed E-state index contributed by atoms with van der Waals surface area (Å²) in [7, 11) is 0. The minimum absolute atomic E-state index is 0.169. The fourth-order valence-corrected chi connectivity index (χ4v) is 23.5. The lowest BCUT2D eigenvalue weighted by Gasteiger charge is -2.43. The highest BCUT2D eigenvalue weighted by molar-refractivity contribution is 6.00. The van der Waals surface area contributed by atoms with E-state index in [0.717, 1.165) is 147 Å². The molecular weight excluding hydrogens is 1730 g/mol. The second-order valence-electron chi connectivity index (χ2n) is 39.2. The summed E-state index contributed by atoms with van der Waals surface area (Å²) in [5, 5.41) is 67.9. The van der Waals surface area contributed by atoms with E-state index in [2.05, 4.69) is 227 Å². The Hall–Kier alpha value is -14.1. The first kappa shape index (κ1) is 95.7. The third kappa shape index (κ3) is 20.2. The first-order valence-electron chi connectivity index (χ1n) is 49.3. The highest BCUT2D eigenvalue weighted by atomic mass is 19.1. The van der Waals surface area contributed by atoms with Gasteiger partial charge in [-0.1, -0.05) is 123 Å². The van der Waals surface area contributed by atoms with Crippen LogP contribution in [0.4, 0.5) is 38.5 Å². The van der Waals surface area contributed by atoms with Gasteiger partial charge in [-0.25, -0.2) is 19.3 Å². The fraction of sp³-hybridized carbons (Fsp3) is 0.446. The number of nitriles is 6. The number of ether oxygens (including phenoxy) is 3. The molecule has 0 spiro atoms. The topological polar surface area (TPSA) is 293 Å². The second-order valence-corrected chi connectivity index (χ2v) is 39.2. The van der Waals surface area contributed by atoms with Crippen LogP contribution in [0.2, 0.25) is 0 Å². The predicted octanol–water partition coefficient (Wildman–Crippen LogP) is 18.0. The Morgan fingerprint density at radius 1 is 0.464 bits per heavy atom. The quantitative estimate of drug-likeness (QED) is 0.0424. The minimum atomic E-state index is -1.08. The Morgan fingerprint density at radius 3 is 1.20 bits per heavy atom. The molecule has 25 nitrogen and oxygen atoms in total. The third-order valence-corrected chi connectivity index (χ3v) is 30.5. The van der Waals surface area contributed by atoms with E-state index in [0.29, 0.717) is 176 Å². The van der Waals surface area contributed by atoms with E-state index >= 15 is 0 Å². The molecule has 138 heavy (non-hydrogen) atoms. The molecule has 710 valence electrons. The van der Waals surface area contributed by atoms with Gasteiger partial charge < -0.3 is 58.3 Å². The van der Waals surface area contributed by atoms with Gasteiger partial charge in [0.15, 0.2) is 0 Å². The lowest BCUT2D eigenvalue weighted by Crippen LogP contribution is -2.55. The average molecular weight is 1850 g/mol. The van der Waals surface area contributed by atoms with Crippen LogP contribution in [0.25, 0.3) is 32.3 Å². The van der Waals surface area contributed by atoms with Gasteiger partial charge in [0.2, 0.25) is 35.4 Å². The number of amides is 3. The van der Waals surface area contributed by atoms with Gasteiger partial charge in [0, 0.05) is 148 Å². The molecule has 3 unspecified atom stereocenters. The molecule has 3 aromatic heterocycles. The Bertz CT molecular complexity index is 6440. The van der Waals surface area contributed by atoms with Crippen molar-refractivity contribution in [3.05, 3.63) is 226 Å². The van der Waals surface area contributed by atoms with Crippen molar-refractivity contribution in [2.24, 2.45) is 17.8 Å². The highest BCUT2D eigenvalue weighted by Crippen LogP contribution is 2.47. The average Bonchev–Trinajstić information content (AvgIpc) is 0.821. The lowest BCUT2D eigenvalue weighted by atomic mass is 9.80. The van der Waals surface area contributed by atoms with Gasteiger partial charge in [-0.3, -0.25) is 19.3 Å². The van der Waals surface area contributed by atoms with E-state index in [1.54, 1.807) is 21.6 Å². The van der Waals surface area contributed by atoms with Gasteiger partial charge in [-0.15, -0.1) is 0 Å². The van der Waals surface area contributed by atoms with Crippen LogP contribution in [0, 0.1) is 107 Å². The van der Waals surface area contributed by atoms with Gasteiger partial charge in [0.1, 0.15) is 47.2 Å². The number of alkyl halides is 1. The van der Waals surface area contributed by atoms with E-state index in [9.17, 15) is 50.3 Å². The molecule has 19 rings (SSSR count). The predicted molar refractivity (Wildman–Crippen MR) is 538 cm³/mol.